The molecule has 3 rings (SSSR count). The van der Waals surface area contributed by atoms with Crippen molar-refractivity contribution in [3.05, 3.63) is 0 Å². The summed E-state index contributed by atoms with van der Waals surface area (Å²) in [6.07, 6.45) is 5.28. The van der Waals surface area contributed by atoms with E-state index >= 15 is 0 Å². The van der Waals surface area contributed by atoms with Crippen molar-refractivity contribution < 1.29 is 23.9 Å². The van der Waals surface area contributed by atoms with Gasteiger partial charge in [-0.1, -0.05) is 6.92 Å². The fraction of sp³-hybridized carbons (Fsp3) is 0.833. The van der Waals surface area contributed by atoms with Gasteiger partial charge in [-0.3, -0.25) is 15.0 Å². The molecular weight excluding hydrogens is 338 g/mol. The van der Waals surface area contributed by atoms with Crippen LogP contribution in [-0.2, 0) is 19.1 Å². The van der Waals surface area contributed by atoms with E-state index in [9.17, 15) is 14.4 Å². The van der Waals surface area contributed by atoms with Crippen molar-refractivity contribution in [1.82, 2.24) is 15.8 Å². The molecule has 0 radical (unpaired) electrons. The van der Waals surface area contributed by atoms with Crippen LogP contribution in [0.3, 0.4) is 0 Å². The molecule has 8 heteroatoms. The Labute approximate surface area is 153 Å². The fourth-order valence-corrected chi connectivity index (χ4v) is 3.78. The first kappa shape index (κ1) is 19.1. The van der Waals surface area contributed by atoms with Crippen LogP contribution in [0.4, 0.5) is 4.79 Å². The van der Waals surface area contributed by atoms with Crippen molar-refractivity contribution in [2.75, 3.05) is 13.2 Å². The number of hydrogen-bond donors (Lipinski definition) is 2. The van der Waals surface area contributed by atoms with Crippen LogP contribution in [0, 0.1) is 5.92 Å². The van der Waals surface area contributed by atoms with Gasteiger partial charge in [-0.05, 0) is 57.8 Å². The van der Waals surface area contributed by atoms with E-state index in [2.05, 4.69) is 17.7 Å². The van der Waals surface area contributed by atoms with Gasteiger partial charge in [0.15, 0.2) is 0 Å². The third kappa shape index (κ3) is 4.01. The summed E-state index contributed by atoms with van der Waals surface area (Å²) < 4.78 is 11.1. The Bertz CT molecular complexity index is 553. The van der Waals surface area contributed by atoms with Gasteiger partial charge in [0.25, 0.3) is 11.8 Å². The molecule has 2 heterocycles. The van der Waals surface area contributed by atoms with Crippen LogP contribution in [0.15, 0.2) is 0 Å². The number of ether oxygens (including phenoxy) is 2. The summed E-state index contributed by atoms with van der Waals surface area (Å²) in [6, 6.07) is -0.569. The number of carbonyl (C=O) groups is 3. The normalized spacial score (nSPS) is 33.2. The zero-order valence-corrected chi connectivity index (χ0v) is 15.6. The Kier molecular flexibility index (Phi) is 5.82. The highest BCUT2D eigenvalue weighted by Gasteiger charge is 2.53. The molecule has 1 spiro atoms. The summed E-state index contributed by atoms with van der Waals surface area (Å²) in [5.41, 5.74) is 1.55. The van der Waals surface area contributed by atoms with Gasteiger partial charge >= 0.3 is 6.03 Å². The Morgan fingerprint density at radius 1 is 1.35 bits per heavy atom. The Balaban J connectivity index is 1.51. The molecule has 0 unspecified atom stereocenters. The number of carbonyl (C=O) groups excluding carboxylic acids is 3. The molecule has 26 heavy (non-hydrogen) atoms. The van der Waals surface area contributed by atoms with Crippen LogP contribution in [0.5, 0.6) is 0 Å². The van der Waals surface area contributed by atoms with Gasteiger partial charge in [0.1, 0.15) is 11.6 Å². The smallest absolute Gasteiger partial charge is 0.344 e. The summed E-state index contributed by atoms with van der Waals surface area (Å²) in [6.45, 7) is 4.80. The second kappa shape index (κ2) is 7.92. The molecule has 2 atom stereocenters. The largest absolute Gasteiger partial charge is 0.376 e. The van der Waals surface area contributed by atoms with Crippen molar-refractivity contribution in [2.24, 2.45) is 5.92 Å². The van der Waals surface area contributed by atoms with E-state index in [4.69, 9.17) is 9.47 Å². The predicted octanol–water partition coefficient (Wildman–Crippen LogP) is 1.49. The van der Waals surface area contributed by atoms with Crippen molar-refractivity contribution in [1.29, 1.82) is 0 Å². The minimum absolute atomic E-state index is 0.00298. The minimum atomic E-state index is -0.864. The highest BCUT2D eigenvalue weighted by atomic mass is 16.5. The zero-order chi connectivity index (χ0) is 18.7. The van der Waals surface area contributed by atoms with Crippen LogP contribution in [-0.4, -0.2) is 53.8 Å². The first-order valence-electron chi connectivity index (χ1n) is 9.62. The van der Waals surface area contributed by atoms with Gasteiger partial charge in [0.2, 0.25) is 0 Å². The van der Waals surface area contributed by atoms with Gasteiger partial charge in [0, 0.05) is 6.61 Å². The predicted molar refractivity (Wildman–Crippen MR) is 92.9 cm³/mol. The van der Waals surface area contributed by atoms with Crippen LogP contribution in [0.25, 0.3) is 0 Å². The van der Waals surface area contributed by atoms with Crippen molar-refractivity contribution in [3.63, 3.8) is 0 Å². The minimum Gasteiger partial charge on any atom is -0.376 e. The van der Waals surface area contributed by atoms with Crippen LogP contribution in [0.1, 0.15) is 58.8 Å². The number of amides is 4. The van der Waals surface area contributed by atoms with Crippen molar-refractivity contribution in [3.8, 4) is 0 Å². The van der Waals surface area contributed by atoms with E-state index in [0.29, 0.717) is 25.4 Å². The Morgan fingerprint density at radius 3 is 2.73 bits per heavy atom. The highest BCUT2D eigenvalue weighted by Crippen LogP contribution is 2.35. The molecule has 8 nitrogen and oxygen atoms in total. The Morgan fingerprint density at radius 2 is 2.08 bits per heavy atom. The van der Waals surface area contributed by atoms with E-state index in [1.807, 2.05) is 0 Å². The molecule has 3 aliphatic rings. The number of rotatable bonds is 5. The third-order valence-electron chi connectivity index (χ3n) is 5.69. The average molecular weight is 367 g/mol. The lowest BCUT2D eigenvalue weighted by Gasteiger charge is -2.33. The molecular formula is C18H29N3O5. The molecule has 3 fully saturated rings. The van der Waals surface area contributed by atoms with Crippen LogP contribution < -0.4 is 10.7 Å². The second-order valence-electron chi connectivity index (χ2n) is 7.78. The van der Waals surface area contributed by atoms with Gasteiger partial charge in [-0.15, -0.1) is 0 Å². The molecule has 0 aromatic heterocycles. The van der Waals surface area contributed by atoms with Gasteiger partial charge in [0.05, 0.1) is 12.7 Å². The van der Waals surface area contributed by atoms with Gasteiger partial charge < -0.3 is 14.8 Å². The molecule has 0 bridgehead atoms. The zero-order valence-electron chi connectivity index (χ0n) is 15.6. The van der Waals surface area contributed by atoms with Crippen molar-refractivity contribution >= 4 is 17.8 Å². The number of hydrogen-bond acceptors (Lipinski definition) is 5. The molecule has 1 aliphatic carbocycles. The second-order valence-corrected chi connectivity index (χ2v) is 7.78. The molecule has 0 aromatic carbocycles. The topological polar surface area (TPSA) is 97.0 Å². The lowest BCUT2D eigenvalue weighted by Crippen LogP contribution is -2.53. The molecule has 2 aliphatic heterocycles. The van der Waals surface area contributed by atoms with Crippen LogP contribution >= 0.6 is 0 Å². The SMILES string of the molecule is CC1CCC2(CC1)NC(=O)N(NC(=O)[C@H](C)OC[C@H]1CCCCO1)C2=O. The quantitative estimate of drug-likeness (QED) is 0.718. The van der Waals surface area contributed by atoms with E-state index in [1.165, 1.54) is 0 Å². The van der Waals surface area contributed by atoms with E-state index in [-0.39, 0.29) is 12.0 Å². The van der Waals surface area contributed by atoms with Crippen LogP contribution in [0.2, 0.25) is 0 Å². The lowest BCUT2D eigenvalue weighted by atomic mass is 9.77. The summed E-state index contributed by atoms with van der Waals surface area (Å²) in [7, 11) is 0. The Hall–Kier alpha value is -1.67. The molecule has 2 N–H and O–H groups in total. The number of urea groups is 1. The van der Waals surface area contributed by atoms with Gasteiger partial charge in [-0.25, -0.2) is 4.79 Å². The van der Waals surface area contributed by atoms with Gasteiger partial charge in [-0.2, -0.15) is 5.01 Å². The maximum Gasteiger partial charge on any atom is 0.344 e. The lowest BCUT2D eigenvalue weighted by molar-refractivity contribution is -0.146. The molecule has 0 aromatic rings. The summed E-state index contributed by atoms with van der Waals surface area (Å²) in [5, 5.41) is 3.59. The molecule has 146 valence electrons. The maximum absolute atomic E-state index is 12.7. The van der Waals surface area contributed by atoms with E-state index in [0.717, 1.165) is 43.7 Å². The number of nitrogens with zero attached hydrogens (tertiary/aromatic N) is 1. The summed E-state index contributed by atoms with van der Waals surface area (Å²) >= 11 is 0. The standard InChI is InChI=1S/C18H29N3O5/c1-12-6-8-18(9-7-12)16(23)21(17(24)19-18)20-15(22)13(2)26-11-14-5-3-4-10-25-14/h12-14H,3-11H2,1-2H3,(H,19,24)(H,20,22)/t12?,13-,14+,18?/m0/s1. The average Bonchev–Trinajstić information content (AvgIpc) is 2.87. The number of imide groups is 1. The number of nitrogens with one attached hydrogen (secondary N) is 2. The first-order chi connectivity index (χ1) is 12.4. The monoisotopic (exact) mass is 367 g/mol. The molecule has 1 saturated carbocycles. The van der Waals surface area contributed by atoms with E-state index in [1.54, 1.807) is 6.92 Å². The third-order valence-corrected chi connectivity index (χ3v) is 5.69. The molecule has 2 saturated heterocycles. The number of hydrazine groups is 1. The first-order valence-corrected chi connectivity index (χ1v) is 9.62. The summed E-state index contributed by atoms with van der Waals surface area (Å²) in [5.74, 6) is -0.333. The molecule has 4 amide bonds. The van der Waals surface area contributed by atoms with E-state index < -0.39 is 23.6 Å². The maximum atomic E-state index is 12.7. The van der Waals surface area contributed by atoms with Crippen molar-refractivity contribution in [2.45, 2.75) is 76.5 Å². The highest BCUT2D eigenvalue weighted by molar-refractivity contribution is 6.08. The summed E-state index contributed by atoms with van der Waals surface area (Å²) in [4.78, 5) is 37.3. The fourth-order valence-electron chi connectivity index (χ4n) is 3.78.